The van der Waals surface area contributed by atoms with Crippen LogP contribution < -0.4 is 10.2 Å². The van der Waals surface area contributed by atoms with Gasteiger partial charge in [-0.1, -0.05) is 149 Å². The third-order valence-electron chi connectivity index (χ3n) is 10.6. The molecule has 0 fully saturated rings. The normalized spacial score (nSPS) is 11.4. The number of hydrogen-bond acceptors (Lipinski definition) is 4. The van der Waals surface area contributed by atoms with Crippen LogP contribution in [0.4, 0.5) is 11.4 Å². The summed E-state index contributed by atoms with van der Waals surface area (Å²) in [5.74, 6) is -0.649. The van der Waals surface area contributed by atoms with Crippen molar-refractivity contribution in [1.29, 1.82) is 0 Å². The van der Waals surface area contributed by atoms with Crippen LogP contribution in [-0.2, 0) is 55.0 Å². The van der Waals surface area contributed by atoms with Crippen LogP contribution in [0.15, 0.2) is 58.5 Å². The Bertz CT molecular complexity index is 1530. The van der Waals surface area contributed by atoms with Crippen molar-refractivity contribution in [3.05, 3.63) is 81.9 Å². The summed E-state index contributed by atoms with van der Waals surface area (Å²) in [6, 6.07) is 17.1. The quantitative estimate of drug-likeness (QED) is 0.0437. The van der Waals surface area contributed by atoms with Gasteiger partial charge in [0.1, 0.15) is 0 Å². The third kappa shape index (κ3) is 20.0. The molecule has 56 heavy (non-hydrogen) atoms. The summed E-state index contributed by atoms with van der Waals surface area (Å²) >= 11 is 0. The van der Waals surface area contributed by atoms with E-state index in [0.717, 1.165) is 73.2 Å². The summed E-state index contributed by atoms with van der Waals surface area (Å²) in [5, 5.41) is 22.9. The fourth-order valence-corrected chi connectivity index (χ4v) is 7.18. The predicted molar refractivity (Wildman–Crippen MR) is 239 cm³/mol. The van der Waals surface area contributed by atoms with Crippen molar-refractivity contribution in [1.82, 2.24) is 0 Å². The second-order valence-electron chi connectivity index (χ2n) is 15.6. The first kappa shape index (κ1) is 51.1. The second-order valence-corrected chi connectivity index (χ2v) is 15.6. The summed E-state index contributed by atoms with van der Waals surface area (Å²) in [7, 11) is 0. The van der Waals surface area contributed by atoms with E-state index < -0.39 is 0 Å². The monoisotopic (exact) mass is 809 g/mol. The van der Waals surface area contributed by atoms with E-state index in [0.29, 0.717) is 0 Å². The zero-order valence-electron chi connectivity index (χ0n) is 36.7. The van der Waals surface area contributed by atoms with E-state index in [4.69, 9.17) is 9.98 Å². The molecule has 5 heteroatoms. The van der Waals surface area contributed by atoms with Gasteiger partial charge in [0.2, 0.25) is 0 Å². The first-order chi connectivity index (χ1) is 26.8. The number of hydrogen-bond donors (Lipinski definition) is 0. The van der Waals surface area contributed by atoms with Gasteiger partial charge < -0.3 is 10.2 Å². The van der Waals surface area contributed by atoms with Crippen molar-refractivity contribution in [3.63, 3.8) is 0 Å². The first-order valence-corrected chi connectivity index (χ1v) is 22.7. The molecule has 0 amide bonds. The van der Waals surface area contributed by atoms with Crippen LogP contribution in [-0.4, -0.2) is 11.9 Å². The SMILES string of the molecule is CCCCCc1ccc(N=CC(CCCC)=Nc2ccc(CCCCC)c(CCCCC)c2)cc1CCCCC.CCCCc1ccc([O-])c([O-])c1CCC.[Ni+2]. The summed E-state index contributed by atoms with van der Waals surface area (Å²) in [6.07, 6.45) is 30.2. The average molecular weight is 810 g/mol. The Morgan fingerprint density at radius 2 is 0.911 bits per heavy atom. The van der Waals surface area contributed by atoms with Crippen molar-refractivity contribution >= 4 is 23.3 Å². The Kier molecular flexibility index (Phi) is 29.3. The molecular formula is C51H78N2NiO2. The molecular weight excluding hydrogens is 731 g/mol. The molecule has 0 aliphatic carbocycles. The minimum absolute atomic E-state index is 0. The topological polar surface area (TPSA) is 70.8 Å². The van der Waals surface area contributed by atoms with Crippen LogP contribution >= 0.6 is 0 Å². The summed E-state index contributed by atoms with van der Waals surface area (Å²) in [6.45, 7) is 15.6. The van der Waals surface area contributed by atoms with Crippen LogP contribution in [0.3, 0.4) is 0 Å². The van der Waals surface area contributed by atoms with Gasteiger partial charge in [0.25, 0.3) is 0 Å². The number of unbranched alkanes of at least 4 members (excludes halogenated alkanes) is 10. The van der Waals surface area contributed by atoms with Crippen molar-refractivity contribution < 1.29 is 26.7 Å². The van der Waals surface area contributed by atoms with Crippen LogP contribution in [0.5, 0.6) is 11.5 Å². The number of rotatable bonds is 27. The fraction of sp³-hybridized carbons (Fsp3) is 0.608. The maximum atomic E-state index is 11.6. The summed E-state index contributed by atoms with van der Waals surface area (Å²) in [4.78, 5) is 10.1. The van der Waals surface area contributed by atoms with Gasteiger partial charge in [-0.05, 0) is 136 Å². The predicted octanol–water partition coefficient (Wildman–Crippen LogP) is 14.4. The minimum Gasteiger partial charge on any atom is -0.873 e. The second kappa shape index (κ2) is 32.1. The molecule has 0 N–H and O–H groups in total. The van der Waals surface area contributed by atoms with E-state index in [1.807, 2.05) is 19.2 Å². The van der Waals surface area contributed by atoms with E-state index in [-0.39, 0.29) is 28.0 Å². The van der Waals surface area contributed by atoms with Crippen molar-refractivity contribution in [2.45, 2.75) is 203 Å². The van der Waals surface area contributed by atoms with E-state index in [2.05, 4.69) is 77.9 Å². The molecule has 0 radical (unpaired) electrons. The van der Waals surface area contributed by atoms with Gasteiger partial charge in [-0.25, -0.2) is 0 Å². The van der Waals surface area contributed by atoms with Gasteiger partial charge in [-0.3, -0.25) is 9.98 Å². The summed E-state index contributed by atoms with van der Waals surface area (Å²) in [5.41, 5.74) is 11.1. The molecule has 0 atom stereocenters. The standard InChI is InChI=1S/C38H60N2.C13H20O2.Ni/c1-6-11-16-20-32-25-27-36(29-34(32)22-18-13-8-3)39-31-38(24-15-10-5)40-37-28-26-33(21-17-12-7-2)35(30-37)23-19-14-9-4;1-3-5-7-10-8-9-12(14)13(15)11(10)6-4-2;/h25-31H,6-24H2,1-5H3;8-9,14-15H,3-7H2,1-2H3;/q;;+2/p-2. The molecule has 0 unspecified atom stereocenters. The fourth-order valence-electron chi connectivity index (χ4n) is 7.18. The first-order valence-electron chi connectivity index (χ1n) is 22.7. The van der Waals surface area contributed by atoms with E-state index in [9.17, 15) is 10.2 Å². The number of aliphatic imine (C=N–C) groups is 2. The molecule has 3 rings (SSSR count). The Morgan fingerprint density at radius 3 is 1.41 bits per heavy atom. The number of nitrogens with zero attached hydrogens (tertiary/aromatic N) is 2. The van der Waals surface area contributed by atoms with Crippen molar-refractivity contribution in [2.75, 3.05) is 0 Å². The van der Waals surface area contributed by atoms with E-state index >= 15 is 0 Å². The number of aryl methyl sites for hydroxylation is 5. The molecule has 0 saturated carbocycles. The van der Waals surface area contributed by atoms with E-state index in [1.165, 1.54) is 137 Å². The van der Waals surface area contributed by atoms with Gasteiger partial charge in [0.15, 0.2) is 0 Å². The van der Waals surface area contributed by atoms with Crippen molar-refractivity contribution in [2.24, 2.45) is 9.98 Å². The Labute approximate surface area is 354 Å². The molecule has 0 aliphatic heterocycles. The maximum Gasteiger partial charge on any atom is 2.00 e. The molecule has 0 bridgehead atoms. The Hall–Kier alpha value is -2.91. The number of benzene rings is 3. The largest absolute Gasteiger partial charge is 2.00 e. The average Bonchev–Trinajstić information content (AvgIpc) is 3.19. The Morgan fingerprint density at radius 1 is 0.464 bits per heavy atom. The van der Waals surface area contributed by atoms with Gasteiger partial charge in [-0.15, -0.1) is 11.5 Å². The summed E-state index contributed by atoms with van der Waals surface area (Å²) < 4.78 is 0. The van der Waals surface area contributed by atoms with Crippen LogP contribution in [0.25, 0.3) is 0 Å². The zero-order valence-corrected chi connectivity index (χ0v) is 37.7. The zero-order chi connectivity index (χ0) is 40.1. The molecule has 3 aromatic carbocycles. The van der Waals surface area contributed by atoms with Gasteiger partial charge in [0.05, 0.1) is 17.1 Å². The minimum atomic E-state index is -0.362. The van der Waals surface area contributed by atoms with Crippen LogP contribution in [0.2, 0.25) is 0 Å². The molecule has 3 aromatic rings. The molecule has 0 aliphatic rings. The maximum absolute atomic E-state index is 11.6. The molecule has 314 valence electrons. The molecule has 4 nitrogen and oxygen atoms in total. The molecule has 0 heterocycles. The molecule has 0 saturated heterocycles. The van der Waals surface area contributed by atoms with E-state index in [1.54, 1.807) is 0 Å². The smallest absolute Gasteiger partial charge is 0.873 e. The Balaban J connectivity index is 0.000000820. The van der Waals surface area contributed by atoms with Crippen LogP contribution in [0, 0.1) is 0 Å². The molecule has 0 spiro atoms. The van der Waals surface area contributed by atoms with Crippen molar-refractivity contribution in [3.8, 4) is 11.5 Å². The van der Waals surface area contributed by atoms with Gasteiger partial charge in [0, 0.05) is 6.21 Å². The van der Waals surface area contributed by atoms with Gasteiger partial charge >= 0.3 is 16.5 Å². The van der Waals surface area contributed by atoms with Gasteiger partial charge in [-0.2, -0.15) is 0 Å². The third-order valence-corrected chi connectivity index (χ3v) is 10.6. The van der Waals surface area contributed by atoms with Crippen LogP contribution in [0.1, 0.15) is 197 Å². The molecule has 0 aromatic heterocycles.